The van der Waals surface area contributed by atoms with E-state index in [4.69, 9.17) is 4.74 Å². The van der Waals surface area contributed by atoms with Crippen LogP contribution in [0.5, 0.6) is 0 Å². The molecule has 0 radical (unpaired) electrons. The number of benzene rings is 1. The highest BCUT2D eigenvalue weighted by molar-refractivity contribution is 5.99. The van der Waals surface area contributed by atoms with E-state index in [2.05, 4.69) is 25.4 Å². The van der Waals surface area contributed by atoms with E-state index in [-0.39, 0.29) is 5.69 Å². The maximum atomic E-state index is 10.9. The quantitative estimate of drug-likeness (QED) is 0.498. The van der Waals surface area contributed by atoms with Gasteiger partial charge in [-0.3, -0.25) is 15.5 Å². The van der Waals surface area contributed by atoms with E-state index in [9.17, 15) is 10.1 Å². The molecule has 0 aliphatic carbocycles. The molecule has 136 valence electrons. The Morgan fingerprint density at radius 1 is 1.31 bits per heavy atom. The number of aromatic nitrogens is 2. The van der Waals surface area contributed by atoms with Crippen LogP contribution in [-0.2, 0) is 4.74 Å². The van der Waals surface area contributed by atoms with Crippen molar-refractivity contribution in [1.29, 1.82) is 0 Å². The minimum absolute atomic E-state index is 0.0320. The van der Waals surface area contributed by atoms with Crippen LogP contribution in [0.3, 0.4) is 0 Å². The molecule has 0 saturated carbocycles. The van der Waals surface area contributed by atoms with Crippen molar-refractivity contribution in [2.24, 2.45) is 5.10 Å². The van der Waals surface area contributed by atoms with Crippen molar-refractivity contribution in [3.63, 3.8) is 0 Å². The van der Waals surface area contributed by atoms with Crippen LogP contribution in [0.15, 0.2) is 35.4 Å². The summed E-state index contributed by atoms with van der Waals surface area (Å²) >= 11 is 0. The number of nitro benzene ring substituents is 1. The second-order valence-electron chi connectivity index (χ2n) is 5.91. The zero-order valence-electron chi connectivity index (χ0n) is 14.7. The molecule has 1 aromatic carbocycles. The first-order chi connectivity index (χ1) is 12.5. The summed E-state index contributed by atoms with van der Waals surface area (Å²) < 4.78 is 5.35. The van der Waals surface area contributed by atoms with Crippen LogP contribution in [0.4, 0.5) is 17.5 Å². The third-order valence-electron chi connectivity index (χ3n) is 3.95. The van der Waals surface area contributed by atoms with Gasteiger partial charge in [-0.1, -0.05) is 12.1 Å². The fraction of sp³-hybridized carbons (Fsp3) is 0.353. The minimum Gasteiger partial charge on any atom is -0.378 e. The van der Waals surface area contributed by atoms with E-state index in [0.717, 1.165) is 18.8 Å². The van der Waals surface area contributed by atoms with E-state index >= 15 is 0 Å². The Labute approximate surface area is 150 Å². The molecule has 1 aliphatic heterocycles. The van der Waals surface area contributed by atoms with E-state index in [1.165, 1.54) is 12.1 Å². The number of anilines is 2. The molecule has 3 rings (SSSR count). The summed E-state index contributed by atoms with van der Waals surface area (Å²) in [5.74, 6) is 1.21. The highest BCUT2D eigenvalue weighted by atomic mass is 16.6. The second kappa shape index (κ2) is 7.87. The van der Waals surface area contributed by atoms with Crippen LogP contribution in [0.2, 0.25) is 0 Å². The standard InChI is InChI=1S/C17H20N6O3/c1-12-10-16(19-17(18-12)22-6-8-26-9-7-22)21-20-13(2)14-4-3-5-15(11-14)23(24)25/h3-5,10-11H,6-9H2,1-2H3,(H,18,19,21). The molecule has 9 heteroatoms. The van der Waals surface area contributed by atoms with Gasteiger partial charge in [-0.25, -0.2) is 4.98 Å². The lowest BCUT2D eigenvalue weighted by Gasteiger charge is -2.27. The maximum absolute atomic E-state index is 10.9. The second-order valence-corrected chi connectivity index (χ2v) is 5.91. The predicted molar refractivity (Wildman–Crippen MR) is 98.7 cm³/mol. The van der Waals surface area contributed by atoms with Gasteiger partial charge in [0, 0.05) is 42.5 Å². The van der Waals surface area contributed by atoms with Gasteiger partial charge in [0.05, 0.1) is 23.8 Å². The molecule has 26 heavy (non-hydrogen) atoms. The number of nitrogens with zero attached hydrogens (tertiary/aromatic N) is 5. The van der Waals surface area contributed by atoms with Crippen molar-refractivity contribution < 1.29 is 9.66 Å². The number of aryl methyl sites for hydroxylation is 1. The maximum Gasteiger partial charge on any atom is 0.270 e. The Kier molecular flexibility index (Phi) is 5.37. The van der Waals surface area contributed by atoms with Gasteiger partial charge < -0.3 is 9.64 Å². The third-order valence-corrected chi connectivity index (χ3v) is 3.95. The van der Waals surface area contributed by atoms with Crippen LogP contribution in [0, 0.1) is 17.0 Å². The average molecular weight is 356 g/mol. The van der Waals surface area contributed by atoms with Crippen LogP contribution < -0.4 is 10.3 Å². The molecule has 1 aromatic heterocycles. The minimum atomic E-state index is -0.424. The van der Waals surface area contributed by atoms with E-state index in [1.807, 2.05) is 6.92 Å². The first kappa shape index (κ1) is 17.7. The number of rotatable bonds is 5. The van der Waals surface area contributed by atoms with Crippen molar-refractivity contribution in [3.05, 3.63) is 51.7 Å². The molecule has 1 saturated heterocycles. The highest BCUT2D eigenvalue weighted by Gasteiger charge is 2.15. The fourth-order valence-electron chi connectivity index (χ4n) is 2.57. The number of non-ortho nitro benzene ring substituents is 1. The predicted octanol–water partition coefficient (Wildman–Crippen LogP) is 2.37. The van der Waals surface area contributed by atoms with Crippen LogP contribution in [0.1, 0.15) is 18.2 Å². The van der Waals surface area contributed by atoms with Crippen molar-refractivity contribution in [3.8, 4) is 0 Å². The van der Waals surface area contributed by atoms with Crippen LogP contribution in [0.25, 0.3) is 0 Å². The van der Waals surface area contributed by atoms with Crippen LogP contribution in [-0.4, -0.2) is 46.9 Å². The van der Waals surface area contributed by atoms with Gasteiger partial charge in [0.25, 0.3) is 5.69 Å². The molecule has 9 nitrogen and oxygen atoms in total. The van der Waals surface area contributed by atoms with Gasteiger partial charge in [0.2, 0.25) is 5.95 Å². The molecular weight excluding hydrogens is 336 g/mol. The average Bonchev–Trinajstić information content (AvgIpc) is 2.66. The molecule has 1 fully saturated rings. The van der Waals surface area contributed by atoms with Crippen molar-refractivity contribution >= 4 is 23.2 Å². The molecule has 2 aromatic rings. The van der Waals surface area contributed by atoms with Gasteiger partial charge in [-0.15, -0.1) is 0 Å². The van der Waals surface area contributed by atoms with Gasteiger partial charge in [-0.2, -0.15) is 10.1 Å². The summed E-state index contributed by atoms with van der Waals surface area (Å²) in [6.07, 6.45) is 0. The largest absolute Gasteiger partial charge is 0.378 e. The number of ether oxygens (including phenoxy) is 1. The molecule has 2 heterocycles. The number of nitro groups is 1. The molecule has 1 aliphatic rings. The molecule has 0 spiro atoms. The van der Waals surface area contributed by atoms with Crippen molar-refractivity contribution in [2.45, 2.75) is 13.8 Å². The van der Waals surface area contributed by atoms with Gasteiger partial charge in [0.1, 0.15) is 0 Å². The van der Waals surface area contributed by atoms with E-state index in [0.29, 0.717) is 36.3 Å². The van der Waals surface area contributed by atoms with Crippen molar-refractivity contribution in [2.75, 3.05) is 36.6 Å². The third kappa shape index (κ3) is 4.31. The number of morpholine rings is 1. The SMILES string of the molecule is CC(=NNc1cc(C)nc(N2CCOCC2)n1)c1cccc([N+](=O)[O-])c1. The normalized spacial score (nSPS) is 15.0. The smallest absolute Gasteiger partial charge is 0.270 e. The molecule has 0 unspecified atom stereocenters. The molecule has 1 N–H and O–H groups in total. The zero-order chi connectivity index (χ0) is 18.5. The van der Waals surface area contributed by atoms with E-state index < -0.39 is 4.92 Å². The molecule has 0 atom stereocenters. The van der Waals surface area contributed by atoms with Crippen LogP contribution >= 0.6 is 0 Å². The first-order valence-corrected chi connectivity index (χ1v) is 8.26. The lowest BCUT2D eigenvalue weighted by Crippen LogP contribution is -2.37. The first-order valence-electron chi connectivity index (χ1n) is 8.26. The lowest BCUT2D eigenvalue weighted by atomic mass is 10.1. The number of nitrogens with one attached hydrogen (secondary N) is 1. The fourth-order valence-corrected chi connectivity index (χ4v) is 2.57. The Hall–Kier alpha value is -3.07. The summed E-state index contributed by atoms with van der Waals surface area (Å²) in [4.78, 5) is 21.5. The summed E-state index contributed by atoms with van der Waals surface area (Å²) in [7, 11) is 0. The number of hydrogen-bond donors (Lipinski definition) is 1. The van der Waals surface area contributed by atoms with E-state index in [1.54, 1.807) is 25.1 Å². The molecule has 0 bridgehead atoms. The van der Waals surface area contributed by atoms with Gasteiger partial charge in [0.15, 0.2) is 5.82 Å². The highest BCUT2D eigenvalue weighted by Crippen LogP contribution is 2.16. The summed E-state index contributed by atoms with van der Waals surface area (Å²) in [6.45, 7) is 6.49. The molecular formula is C17H20N6O3. The summed E-state index contributed by atoms with van der Waals surface area (Å²) in [6, 6.07) is 8.15. The summed E-state index contributed by atoms with van der Waals surface area (Å²) in [5, 5.41) is 15.2. The lowest BCUT2D eigenvalue weighted by molar-refractivity contribution is -0.384. The Morgan fingerprint density at radius 2 is 2.08 bits per heavy atom. The van der Waals surface area contributed by atoms with Gasteiger partial charge in [-0.05, 0) is 13.8 Å². The zero-order valence-corrected chi connectivity index (χ0v) is 14.7. The Balaban J connectivity index is 1.77. The monoisotopic (exact) mass is 356 g/mol. The van der Waals surface area contributed by atoms with Gasteiger partial charge >= 0.3 is 0 Å². The number of hydrogen-bond acceptors (Lipinski definition) is 8. The number of hydrazone groups is 1. The Bertz CT molecular complexity index is 833. The van der Waals surface area contributed by atoms with Crippen molar-refractivity contribution in [1.82, 2.24) is 9.97 Å². The molecule has 0 amide bonds. The topological polar surface area (TPSA) is 106 Å². The summed E-state index contributed by atoms with van der Waals surface area (Å²) in [5.41, 5.74) is 5.07. The Morgan fingerprint density at radius 3 is 2.81 bits per heavy atom.